The number of carbonyl (C=O) groups is 1. The van der Waals surface area contributed by atoms with Gasteiger partial charge in [0.15, 0.2) is 0 Å². The Morgan fingerprint density at radius 1 is 1.43 bits per heavy atom. The summed E-state index contributed by atoms with van der Waals surface area (Å²) < 4.78 is 0. The summed E-state index contributed by atoms with van der Waals surface area (Å²) in [5.74, 6) is -0.0112. The van der Waals surface area contributed by atoms with E-state index in [-0.39, 0.29) is 11.7 Å². The standard InChI is InChI=1S/C17H18N2O2/c1-3-5-12(6-4-2)11-18-17(21)16-10-13-9-14(20)7-8-15(13)19-16/h3-10,19-20H,1,11H2,2H3,(H,18,21)/b6-4-,12-5+. The van der Waals surface area contributed by atoms with E-state index in [0.29, 0.717) is 12.2 Å². The van der Waals surface area contributed by atoms with Crippen molar-refractivity contribution in [3.05, 3.63) is 66.4 Å². The number of benzene rings is 1. The second kappa shape index (κ2) is 6.61. The number of carbonyl (C=O) groups excluding carboxylic acids is 1. The molecule has 1 aromatic heterocycles. The maximum absolute atomic E-state index is 12.1. The van der Waals surface area contributed by atoms with Crippen LogP contribution in [0.15, 0.2) is 60.7 Å². The Hall–Kier alpha value is -2.75. The van der Waals surface area contributed by atoms with Crippen molar-refractivity contribution in [1.29, 1.82) is 0 Å². The zero-order valence-corrected chi connectivity index (χ0v) is 11.9. The zero-order valence-electron chi connectivity index (χ0n) is 11.9. The number of allylic oxidation sites excluding steroid dienone is 3. The molecule has 4 heteroatoms. The Labute approximate surface area is 123 Å². The fraction of sp³-hybridized carbons (Fsp3) is 0.118. The van der Waals surface area contributed by atoms with E-state index < -0.39 is 0 Å². The molecule has 0 fully saturated rings. The number of hydrogen-bond acceptors (Lipinski definition) is 2. The van der Waals surface area contributed by atoms with E-state index in [0.717, 1.165) is 16.5 Å². The lowest BCUT2D eigenvalue weighted by Crippen LogP contribution is -2.25. The lowest BCUT2D eigenvalue weighted by Gasteiger charge is -2.04. The Bertz CT molecular complexity index is 723. The van der Waals surface area contributed by atoms with E-state index in [4.69, 9.17) is 0 Å². The van der Waals surface area contributed by atoms with Crippen molar-refractivity contribution in [2.24, 2.45) is 0 Å². The van der Waals surface area contributed by atoms with Gasteiger partial charge in [0, 0.05) is 17.4 Å². The van der Waals surface area contributed by atoms with Gasteiger partial charge >= 0.3 is 0 Å². The number of aromatic amines is 1. The van der Waals surface area contributed by atoms with Crippen LogP contribution < -0.4 is 5.32 Å². The highest BCUT2D eigenvalue weighted by atomic mass is 16.3. The molecule has 0 radical (unpaired) electrons. The highest BCUT2D eigenvalue weighted by Gasteiger charge is 2.09. The number of phenols is 1. The van der Waals surface area contributed by atoms with Crippen molar-refractivity contribution in [3.8, 4) is 5.75 Å². The number of aromatic hydroxyl groups is 1. The van der Waals surface area contributed by atoms with Gasteiger partial charge in [0.2, 0.25) is 0 Å². The van der Waals surface area contributed by atoms with Crippen LogP contribution in [-0.2, 0) is 0 Å². The van der Waals surface area contributed by atoms with E-state index in [1.54, 1.807) is 30.3 Å². The molecule has 0 saturated carbocycles. The third kappa shape index (κ3) is 3.63. The molecule has 1 amide bonds. The van der Waals surface area contributed by atoms with Gasteiger partial charge in [-0.2, -0.15) is 0 Å². The number of H-pyrrole nitrogens is 1. The van der Waals surface area contributed by atoms with Crippen LogP contribution in [0.4, 0.5) is 0 Å². The third-order valence-corrected chi connectivity index (χ3v) is 3.01. The van der Waals surface area contributed by atoms with Crippen molar-refractivity contribution < 1.29 is 9.90 Å². The van der Waals surface area contributed by atoms with Crippen LogP contribution in [0, 0.1) is 0 Å². The molecular formula is C17H18N2O2. The SMILES string of the molecule is C=C/C=C(\C=C/C)CNC(=O)c1cc2cc(O)ccc2[nH]1. The number of amides is 1. The van der Waals surface area contributed by atoms with Crippen LogP contribution >= 0.6 is 0 Å². The van der Waals surface area contributed by atoms with Gasteiger partial charge in [-0.25, -0.2) is 0 Å². The topological polar surface area (TPSA) is 65.1 Å². The second-order valence-electron chi connectivity index (χ2n) is 4.61. The van der Waals surface area contributed by atoms with Crippen molar-refractivity contribution in [2.75, 3.05) is 6.54 Å². The van der Waals surface area contributed by atoms with E-state index in [1.165, 1.54) is 0 Å². The van der Waals surface area contributed by atoms with E-state index in [9.17, 15) is 9.90 Å². The van der Waals surface area contributed by atoms with E-state index >= 15 is 0 Å². The summed E-state index contributed by atoms with van der Waals surface area (Å²) in [6.45, 7) is 6.00. The number of nitrogens with one attached hydrogen (secondary N) is 2. The van der Waals surface area contributed by atoms with E-state index in [2.05, 4.69) is 16.9 Å². The fourth-order valence-electron chi connectivity index (χ4n) is 2.06. The molecule has 0 aliphatic rings. The van der Waals surface area contributed by atoms with Crippen molar-refractivity contribution >= 4 is 16.8 Å². The quantitative estimate of drug-likeness (QED) is 0.737. The number of fused-ring (bicyclic) bond motifs is 1. The number of aromatic nitrogens is 1. The zero-order chi connectivity index (χ0) is 15.2. The van der Waals surface area contributed by atoms with Crippen LogP contribution in [0.5, 0.6) is 5.75 Å². The molecule has 0 atom stereocenters. The molecule has 2 aromatic rings. The average molecular weight is 282 g/mol. The molecule has 0 aliphatic heterocycles. The molecule has 2 rings (SSSR count). The molecule has 1 aromatic carbocycles. The molecule has 0 saturated heterocycles. The Morgan fingerprint density at radius 2 is 2.24 bits per heavy atom. The fourth-order valence-corrected chi connectivity index (χ4v) is 2.06. The molecule has 1 heterocycles. The minimum atomic E-state index is -0.190. The first-order valence-electron chi connectivity index (χ1n) is 6.68. The van der Waals surface area contributed by atoms with Gasteiger partial charge in [-0.15, -0.1) is 0 Å². The molecule has 108 valence electrons. The molecule has 0 bridgehead atoms. The van der Waals surface area contributed by atoms with Gasteiger partial charge in [0.05, 0.1) is 0 Å². The molecule has 3 N–H and O–H groups in total. The van der Waals surface area contributed by atoms with Crippen molar-refractivity contribution in [1.82, 2.24) is 10.3 Å². The van der Waals surface area contributed by atoms with Gasteiger partial charge < -0.3 is 15.4 Å². The number of rotatable bonds is 5. The largest absolute Gasteiger partial charge is 0.508 e. The van der Waals surface area contributed by atoms with E-state index in [1.807, 2.05) is 25.2 Å². The van der Waals surface area contributed by atoms with Crippen molar-refractivity contribution in [2.45, 2.75) is 6.92 Å². The first-order chi connectivity index (χ1) is 10.1. The maximum atomic E-state index is 12.1. The van der Waals surface area contributed by atoms with Crippen LogP contribution in [0.3, 0.4) is 0 Å². The molecule has 4 nitrogen and oxygen atoms in total. The van der Waals surface area contributed by atoms with Gasteiger partial charge in [-0.05, 0) is 36.8 Å². The highest BCUT2D eigenvalue weighted by molar-refractivity contribution is 5.98. The number of phenolic OH excluding ortho intramolecular Hbond substituents is 1. The molecule has 0 unspecified atom stereocenters. The normalized spacial score (nSPS) is 12.0. The highest BCUT2D eigenvalue weighted by Crippen LogP contribution is 2.20. The summed E-state index contributed by atoms with van der Waals surface area (Å²) in [5.41, 5.74) is 2.25. The van der Waals surface area contributed by atoms with Crippen molar-refractivity contribution in [3.63, 3.8) is 0 Å². The minimum Gasteiger partial charge on any atom is -0.508 e. The molecule has 21 heavy (non-hydrogen) atoms. The molecule has 0 spiro atoms. The summed E-state index contributed by atoms with van der Waals surface area (Å²) in [5, 5.41) is 13.1. The maximum Gasteiger partial charge on any atom is 0.267 e. The Balaban J connectivity index is 2.11. The Kier molecular flexibility index (Phi) is 4.61. The first-order valence-corrected chi connectivity index (χ1v) is 6.68. The third-order valence-electron chi connectivity index (χ3n) is 3.01. The van der Waals surface area contributed by atoms with Crippen LogP contribution in [-0.4, -0.2) is 22.5 Å². The molecule has 0 aliphatic carbocycles. The van der Waals surface area contributed by atoms with Gasteiger partial charge in [0.25, 0.3) is 5.91 Å². The van der Waals surface area contributed by atoms with Crippen LogP contribution in [0.25, 0.3) is 10.9 Å². The minimum absolute atomic E-state index is 0.178. The summed E-state index contributed by atoms with van der Waals surface area (Å²) in [7, 11) is 0. The first kappa shape index (κ1) is 14.7. The van der Waals surface area contributed by atoms with Crippen LogP contribution in [0.2, 0.25) is 0 Å². The lowest BCUT2D eigenvalue weighted by molar-refractivity contribution is 0.0953. The van der Waals surface area contributed by atoms with Crippen LogP contribution in [0.1, 0.15) is 17.4 Å². The summed E-state index contributed by atoms with van der Waals surface area (Å²) >= 11 is 0. The van der Waals surface area contributed by atoms with Gasteiger partial charge in [-0.1, -0.05) is 30.9 Å². The van der Waals surface area contributed by atoms with Gasteiger partial charge in [0.1, 0.15) is 11.4 Å². The monoisotopic (exact) mass is 282 g/mol. The Morgan fingerprint density at radius 3 is 2.95 bits per heavy atom. The number of hydrogen-bond donors (Lipinski definition) is 3. The predicted molar refractivity (Wildman–Crippen MR) is 85.4 cm³/mol. The summed E-state index contributed by atoms with van der Waals surface area (Å²) in [6.07, 6.45) is 7.37. The summed E-state index contributed by atoms with van der Waals surface area (Å²) in [4.78, 5) is 15.2. The average Bonchev–Trinajstić information content (AvgIpc) is 2.88. The predicted octanol–water partition coefficient (Wildman–Crippen LogP) is 3.29. The van der Waals surface area contributed by atoms with Gasteiger partial charge in [-0.3, -0.25) is 4.79 Å². The smallest absolute Gasteiger partial charge is 0.267 e. The summed E-state index contributed by atoms with van der Waals surface area (Å²) in [6, 6.07) is 6.66. The molecular weight excluding hydrogens is 264 g/mol. The second-order valence-corrected chi connectivity index (χ2v) is 4.61. The lowest BCUT2D eigenvalue weighted by atomic mass is 10.2.